The lowest BCUT2D eigenvalue weighted by Gasteiger charge is -2.27. The molecule has 2 aliphatic heterocycles. The monoisotopic (exact) mass is 341 g/mol. The minimum atomic E-state index is -0.464. The van der Waals surface area contributed by atoms with Gasteiger partial charge < -0.3 is 4.90 Å². The normalized spacial score (nSPS) is 19.8. The molecular weight excluding hydrogens is 322 g/mol. The van der Waals surface area contributed by atoms with Crippen molar-refractivity contribution in [3.63, 3.8) is 0 Å². The Morgan fingerprint density at radius 2 is 1.83 bits per heavy atom. The van der Waals surface area contributed by atoms with Crippen LogP contribution in [0.1, 0.15) is 18.4 Å². The first-order valence-corrected chi connectivity index (χ1v) is 8.36. The first-order valence-electron chi connectivity index (χ1n) is 7.95. The minimum absolute atomic E-state index is 0.0828. The molecule has 1 N–H and O–H groups in total. The van der Waals surface area contributed by atoms with Crippen LogP contribution in [0.5, 0.6) is 0 Å². The van der Waals surface area contributed by atoms with E-state index in [0.717, 1.165) is 18.7 Å². The van der Waals surface area contributed by atoms with Gasteiger partial charge in [0.25, 0.3) is 11.8 Å². The van der Waals surface area contributed by atoms with Crippen molar-refractivity contribution in [2.24, 2.45) is 0 Å². The van der Waals surface area contributed by atoms with Crippen molar-refractivity contribution in [2.45, 2.75) is 12.8 Å². The highest BCUT2D eigenvalue weighted by Gasteiger charge is 2.32. The molecule has 2 fully saturated rings. The third-order valence-electron chi connectivity index (χ3n) is 4.17. The summed E-state index contributed by atoms with van der Waals surface area (Å²) < 4.78 is 0. The van der Waals surface area contributed by atoms with E-state index in [9.17, 15) is 9.59 Å². The molecule has 5 nitrogen and oxygen atoms in total. The van der Waals surface area contributed by atoms with Gasteiger partial charge in [-0.1, -0.05) is 18.2 Å². The predicted molar refractivity (Wildman–Crippen MR) is 98.5 cm³/mol. The summed E-state index contributed by atoms with van der Waals surface area (Å²) in [6.45, 7) is 6.03. The summed E-state index contributed by atoms with van der Waals surface area (Å²) in [7, 11) is 0. The number of hydrogen-bond donors (Lipinski definition) is 1. The predicted octanol–water partition coefficient (Wildman–Crippen LogP) is 2.10. The first-order chi connectivity index (χ1) is 11.6. The van der Waals surface area contributed by atoms with Gasteiger partial charge in [-0.2, -0.15) is 0 Å². The Labute approximate surface area is 146 Å². The maximum Gasteiger partial charge on any atom is 0.265 e. The van der Waals surface area contributed by atoms with E-state index in [4.69, 9.17) is 12.2 Å². The summed E-state index contributed by atoms with van der Waals surface area (Å²) in [5.41, 5.74) is 2.06. The van der Waals surface area contributed by atoms with Crippen LogP contribution in [0.15, 0.2) is 42.5 Å². The number of nitrogens with one attached hydrogen (secondary N) is 1. The van der Waals surface area contributed by atoms with Crippen LogP contribution in [0.25, 0.3) is 6.08 Å². The molecule has 0 aromatic heterocycles. The van der Waals surface area contributed by atoms with Crippen LogP contribution in [0, 0.1) is 0 Å². The van der Waals surface area contributed by atoms with Crippen molar-refractivity contribution in [1.82, 2.24) is 10.2 Å². The van der Waals surface area contributed by atoms with E-state index >= 15 is 0 Å². The van der Waals surface area contributed by atoms with E-state index in [1.165, 1.54) is 23.4 Å². The summed E-state index contributed by atoms with van der Waals surface area (Å²) in [6, 6.07) is 7.89. The number of carbonyl (C=O) groups excluding carboxylic acids is 2. The molecule has 124 valence electrons. The number of anilines is 1. The number of rotatable bonds is 4. The van der Waals surface area contributed by atoms with Crippen molar-refractivity contribution in [3.8, 4) is 0 Å². The van der Waals surface area contributed by atoms with E-state index < -0.39 is 11.8 Å². The van der Waals surface area contributed by atoms with Gasteiger partial charge in [-0.25, -0.2) is 0 Å². The lowest BCUT2D eigenvalue weighted by Crippen LogP contribution is -2.53. The Hall–Kier alpha value is -2.47. The lowest BCUT2D eigenvalue weighted by atomic mass is 10.1. The van der Waals surface area contributed by atoms with Gasteiger partial charge in [-0.15, -0.1) is 6.58 Å². The molecule has 6 heteroatoms. The second kappa shape index (κ2) is 6.97. The third-order valence-corrected chi connectivity index (χ3v) is 4.50. The molecule has 0 radical (unpaired) electrons. The maximum atomic E-state index is 12.5. The Morgan fingerprint density at radius 1 is 1.17 bits per heavy atom. The van der Waals surface area contributed by atoms with Crippen LogP contribution < -0.4 is 10.2 Å². The molecule has 0 spiro atoms. The highest BCUT2D eigenvalue weighted by molar-refractivity contribution is 7.80. The van der Waals surface area contributed by atoms with E-state index in [0.29, 0.717) is 0 Å². The fourth-order valence-corrected chi connectivity index (χ4v) is 3.16. The second-order valence-electron chi connectivity index (χ2n) is 5.81. The quantitative estimate of drug-likeness (QED) is 0.394. The Kier molecular flexibility index (Phi) is 4.76. The second-order valence-corrected chi connectivity index (χ2v) is 6.19. The molecule has 1 aromatic rings. The zero-order valence-electron chi connectivity index (χ0n) is 13.3. The summed E-state index contributed by atoms with van der Waals surface area (Å²) in [4.78, 5) is 28.2. The molecular formula is C18H19N3O2S. The summed E-state index contributed by atoms with van der Waals surface area (Å²) in [5.74, 6) is -0.860. The minimum Gasteiger partial charge on any atom is -0.372 e. The summed E-state index contributed by atoms with van der Waals surface area (Å²) in [5, 5.41) is 2.66. The van der Waals surface area contributed by atoms with Gasteiger partial charge >= 0.3 is 0 Å². The fourth-order valence-electron chi connectivity index (χ4n) is 2.91. The van der Waals surface area contributed by atoms with E-state index in [-0.39, 0.29) is 17.2 Å². The smallest absolute Gasteiger partial charge is 0.265 e. The van der Waals surface area contributed by atoms with Crippen molar-refractivity contribution in [3.05, 3.63) is 48.1 Å². The van der Waals surface area contributed by atoms with Crippen LogP contribution in [-0.2, 0) is 9.59 Å². The number of amides is 2. The van der Waals surface area contributed by atoms with Crippen LogP contribution in [0.2, 0.25) is 0 Å². The SMILES string of the molecule is C=CCN1C(=O)/C(=C/c2ccc(N3CCCC3)cc2)C(=O)NC1=S. The standard InChI is InChI=1S/C18H19N3O2S/c1-2-9-21-17(23)15(16(22)19-18(21)24)12-13-5-7-14(8-6-13)20-10-3-4-11-20/h2,5-8,12H,1,3-4,9-11H2,(H,19,22,24)/b15-12+. The summed E-state index contributed by atoms with van der Waals surface area (Å²) >= 11 is 5.04. The van der Waals surface area contributed by atoms with Crippen LogP contribution in [0.3, 0.4) is 0 Å². The number of nitrogens with zero attached hydrogens (tertiary/aromatic N) is 2. The Balaban J connectivity index is 1.83. The zero-order chi connectivity index (χ0) is 17.1. The molecule has 2 aliphatic rings. The highest BCUT2D eigenvalue weighted by Crippen LogP contribution is 2.22. The molecule has 3 rings (SSSR count). The first kappa shape index (κ1) is 16.4. The van der Waals surface area contributed by atoms with Gasteiger partial charge in [-0.05, 0) is 48.8 Å². The lowest BCUT2D eigenvalue weighted by molar-refractivity contribution is -0.128. The average molecular weight is 341 g/mol. The topological polar surface area (TPSA) is 52.7 Å². The van der Waals surface area contributed by atoms with E-state index in [1.807, 2.05) is 24.3 Å². The van der Waals surface area contributed by atoms with Crippen LogP contribution in [0.4, 0.5) is 5.69 Å². The van der Waals surface area contributed by atoms with Crippen molar-refractivity contribution >= 4 is 40.9 Å². The molecule has 0 aliphatic carbocycles. The van der Waals surface area contributed by atoms with Crippen molar-refractivity contribution in [2.75, 3.05) is 24.5 Å². The third kappa shape index (κ3) is 3.23. The van der Waals surface area contributed by atoms with Gasteiger partial charge in [0.2, 0.25) is 0 Å². The Morgan fingerprint density at radius 3 is 2.46 bits per heavy atom. The number of carbonyl (C=O) groups is 2. The summed E-state index contributed by atoms with van der Waals surface area (Å²) in [6.07, 6.45) is 5.62. The van der Waals surface area contributed by atoms with Crippen molar-refractivity contribution < 1.29 is 9.59 Å². The molecule has 2 heterocycles. The number of hydrogen-bond acceptors (Lipinski definition) is 4. The van der Waals surface area contributed by atoms with E-state index in [1.54, 1.807) is 12.2 Å². The zero-order valence-corrected chi connectivity index (χ0v) is 14.1. The average Bonchev–Trinajstić information content (AvgIpc) is 3.10. The van der Waals surface area contributed by atoms with Gasteiger partial charge in [0.05, 0.1) is 0 Å². The molecule has 24 heavy (non-hydrogen) atoms. The molecule has 0 atom stereocenters. The van der Waals surface area contributed by atoms with Crippen molar-refractivity contribution in [1.29, 1.82) is 0 Å². The highest BCUT2D eigenvalue weighted by atomic mass is 32.1. The van der Waals surface area contributed by atoms with Crippen LogP contribution in [-0.4, -0.2) is 41.5 Å². The van der Waals surface area contributed by atoms with Gasteiger partial charge in [-0.3, -0.25) is 19.8 Å². The molecule has 0 bridgehead atoms. The van der Waals surface area contributed by atoms with Gasteiger partial charge in [0.15, 0.2) is 5.11 Å². The van der Waals surface area contributed by atoms with Gasteiger partial charge in [0.1, 0.15) is 5.57 Å². The molecule has 0 saturated carbocycles. The number of benzene rings is 1. The fraction of sp³-hybridized carbons (Fsp3) is 0.278. The maximum absolute atomic E-state index is 12.5. The van der Waals surface area contributed by atoms with Crippen LogP contribution >= 0.6 is 12.2 Å². The Bertz CT molecular complexity index is 718. The molecule has 2 saturated heterocycles. The van der Waals surface area contributed by atoms with Gasteiger partial charge in [0, 0.05) is 25.3 Å². The molecule has 1 aromatic carbocycles. The largest absolute Gasteiger partial charge is 0.372 e. The molecule has 2 amide bonds. The molecule has 0 unspecified atom stereocenters. The number of thiocarbonyl (C=S) groups is 1. The van der Waals surface area contributed by atoms with E-state index in [2.05, 4.69) is 16.8 Å².